The quantitative estimate of drug-likeness (QED) is 0.898. The Labute approximate surface area is 119 Å². The summed E-state index contributed by atoms with van der Waals surface area (Å²) < 4.78 is 0. The highest BCUT2D eigenvalue weighted by molar-refractivity contribution is 6.36. The van der Waals surface area contributed by atoms with Gasteiger partial charge in [-0.3, -0.25) is 4.90 Å². The van der Waals surface area contributed by atoms with Crippen LogP contribution in [0, 0.1) is 5.92 Å². The van der Waals surface area contributed by atoms with Gasteiger partial charge in [-0.05, 0) is 51.0 Å². The minimum absolute atomic E-state index is 0.235. The Balaban J connectivity index is 2.43. The molecule has 2 nitrogen and oxygen atoms in total. The van der Waals surface area contributed by atoms with Gasteiger partial charge in [0.25, 0.3) is 0 Å². The zero-order valence-corrected chi connectivity index (χ0v) is 12.2. The van der Waals surface area contributed by atoms with Crippen LogP contribution in [0.5, 0.6) is 0 Å². The van der Waals surface area contributed by atoms with Crippen molar-refractivity contribution in [2.75, 3.05) is 20.1 Å². The van der Waals surface area contributed by atoms with Crippen molar-refractivity contribution in [1.82, 2.24) is 4.90 Å². The molecular weight excluding hydrogens is 267 g/mol. The van der Waals surface area contributed by atoms with Crippen LogP contribution in [0.3, 0.4) is 0 Å². The van der Waals surface area contributed by atoms with E-state index in [0.29, 0.717) is 12.5 Å². The molecule has 1 fully saturated rings. The van der Waals surface area contributed by atoms with Crippen molar-refractivity contribution in [2.24, 2.45) is 11.7 Å². The SMILES string of the molecule is CN1CCCCC(CN)C1c1c(Cl)cccc1Cl. The maximum absolute atomic E-state index is 6.35. The first-order valence-electron chi connectivity index (χ1n) is 6.49. The van der Waals surface area contributed by atoms with Gasteiger partial charge in [0.2, 0.25) is 0 Å². The number of likely N-dealkylation sites (tertiary alicyclic amines) is 1. The molecule has 1 aromatic rings. The van der Waals surface area contributed by atoms with Gasteiger partial charge in [0.05, 0.1) is 0 Å². The number of halogens is 2. The first-order valence-corrected chi connectivity index (χ1v) is 7.25. The van der Waals surface area contributed by atoms with E-state index in [1.807, 2.05) is 18.2 Å². The zero-order chi connectivity index (χ0) is 13.1. The number of nitrogens with two attached hydrogens (primary N) is 1. The van der Waals surface area contributed by atoms with Crippen LogP contribution in [-0.2, 0) is 0 Å². The average Bonchev–Trinajstić information content (AvgIpc) is 2.52. The van der Waals surface area contributed by atoms with E-state index >= 15 is 0 Å². The predicted octanol–water partition coefficient (Wildman–Crippen LogP) is 3.73. The zero-order valence-electron chi connectivity index (χ0n) is 10.7. The highest BCUT2D eigenvalue weighted by Crippen LogP contribution is 2.40. The molecule has 1 heterocycles. The fraction of sp³-hybridized carbons (Fsp3) is 0.571. The summed E-state index contributed by atoms with van der Waals surface area (Å²) in [5.74, 6) is 0.426. The molecule has 2 rings (SSSR count). The van der Waals surface area contributed by atoms with Crippen molar-refractivity contribution in [1.29, 1.82) is 0 Å². The van der Waals surface area contributed by atoms with Crippen molar-refractivity contribution in [3.8, 4) is 0 Å². The lowest BCUT2D eigenvalue weighted by Crippen LogP contribution is -2.33. The fourth-order valence-corrected chi connectivity index (χ4v) is 3.54. The molecule has 0 spiro atoms. The van der Waals surface area contributed by atoms with Gasteiger partial charge < -0.3 is 5.73 Å². The Kier molecular flexibility index (Phi) is 4.91. The maximum atomic E-state index is 6.35. The van der Waals surface area contributed by atoms with Crippen molar-refractivity contribution in [3.63, 3.8) is 0 Å². The third-order valence-electron chi connectivity index (χ3n) is 3.86. The van der Waals surface area contributed by atoms with Gasteiger partial charge in [-0.15, -0.1) is 0 Å². The molecule has 0 aliphatic carbocycles. The second-order valence-corrected chi connectivity index (χ2v) is 5.87. The van der Waals surface area contributed by atoms with Crippen LogP contribution in [0.4, 0.5) is 0 Å². The Morgan fingerprint density at radius 1 is 1.28 bits per heavy atom. The summed E-state index contributed by atoms with van der Waals surface area (Å²) in [6.45, 7) is 1.75. The lowest BCUT2D eigenvalue weighted by atomic mass is 9.89. The summed E-state index contributed by atoms with van der Waals surface area (Å²) in [5, 5.41) is 1.50. The Hall–Kier alpha value is -0.280. The van der Waals surface area contributed by atoms with Crippen LogP contribution in [0.1, 0.15) is 30.9 Å². The van der Waals surface area contributed by atoms with E-state index in [9.17, 15) is 0 Å². The summed E-state index contributed by atoms with van der Waals surface area (Å²) in [7, 11) is 2.14. The van der Waals surface area contributed by atoms with Gasteiger partial charge in [-0.2, -0.15) is 0 Å². The first-order chi connectivity index (χ1) is 8.65. The van der Waals surface area contributed by atoms with Gasteiger partial charge in [0.15, 0.2) is 0 Å². The third kappa shape index (κ3) is 2.83. The molecule has 1 aromatic carbocycles. The van der Waals surface area contributed by atoms with E-state index < -0.39 is 0 Å². The topological polar surface area (TPSA) is 29.3 Å². The van der Waals surface area contributed by atoms with E-state index in [4.69, 9.17) is 28.9 Å². The smallest absolute Gasteiger partial charge is 0.0468 e. The molecule has 0 amide bonds. The molecule has 4 heteroatoms. The molecule has 0 radical (unpaired) electrons. The summed E-state index contributed by atoms with van der Waals surface area (Å²) in [5.41, 5.74) is 6.99. The molecule has 18 heavy (non-hydrogen) atoms. The third-order valence-corrected chi connectivity index (χ3v) is 4.51. The van der Waals surface area contributed by atoms with E-state index in [0.717, 1.165) is 28.6 Å². The summed E-state index contributed by atoms with van der Waals surface area (Å²) in [6.07, 6.45) is 3.59. The summed E-state index contributed by atoms with van der Waals surface area (Å²) in [4.78, 5) is 2.34. The molecule has 2 atom stereocenters. The van der Waals surface area contributed by atoms with E-state index in [-0.39, 0.29) is 6.04 Å². The minimum atomic E-state index is 0.235. The van der Waals surface area contributed by atoms with E-state index in [1.165, 1.54) is 12.8 Å². The number of rotatable bonds is 2. The number of nitrogens with zero attached hydrogens (tertiary/aromatic N) is 1. The van der Waals surface area contributed by atoms with Gasteiger partial charge in [-0.25, -0.2) is 0 Å². The fourth-order valence-electron chi connectivity index (χ4n) is 2.92. The molecular formula is C14H20Cl2N2. The van der Waals surface area contributed by atoms with Crippen LogP contribution in [0.2, 0.25) is 10.0 Å². The molecule has 1 aliphatic rings. The highest BCUT2D eigenvalue weighted by atomic mass is 35.5. The second kappa shape index (κ2) is 6.25. The van der Waals surface area contributed by atoms with Crippen LogP contribution >= 0.6 is 23.2 Å². The predicted molar refractivity (Wildman–Crippen MR) is 78.2 cm³/mol. The lowest BCUT2D eigenvalue weighted by molar-refractivity contribution is 0.196. The standard InChI is InChI=1S/C14H20Cl2N2/c1-18-8-3-2-5-10(9-17)14(18)13-11(15)6-4-7-12(13)16/h4,6-7,10,14H,2-3,5,8-9,17H2,1H3. The Morgan fingerprint density at radius 2 is 1.94 bits per heavy atom. The van der Waals surface area contributed by atoms with Gasteiger partial charge >= 0.3 is 0 Å². The summed E-state index contributed by atoms with van der Waals surface area (Å²) >= 11 is 12.7. The molecule has 0 aromatic heterocycles. The van der Waals surface area contributed by atoms with Crippen LogP contribution in [0.15, 0.2) is 18.2 Å². The van der Waals surface area contributed by atoms with Crippen LogP contribution in [-0.4, -0.2) is 25.0 Å². The Bertz CT molecular complexity index is 389. The second-order valence-electron chi connectivity index (χ2n) is 5.05. The lowest BCUT2D eigenvalue weighted by Gasteiger charge is -2.33. The van der Waals surface area contributed by atoms with Gasteiger partial charge in [0.1, 0.15) is 0 Å². The van der Waals surface area contributed by atoms with Crippen LogP contribution < -0.4 is 5.73 Å². The van der Waals surface area contributed by atoms with Crippen molar-refractivity contribution in [2.45, 2.75) is 25.3 Å². The molecule has 0 bridgehead atoms. The average molecular weight is 287 g/mol. The van der Waals surface area contributed by atoms with E-state index in [1.54, 1.807) is 0 Å². The first kappa shape index (κ1) is 14.1. The molecule has 1 aliphatic heterocycles. The van der Waals surface area contributed by atoms with Gasteiger partial charge in [0, 0.05) is 21.7 Å². The minimum Gasteiger partial charge on any atom is -0.330 e. The molecule has 0 saturated carbocycles. The molecule has 1 saturated heterocycles. The van der Waals surface area contributed by atoms with Crippen molar-refractivity contribution < 1.29 is 0 Å². The van der Waals surface area contributed by atoms with Crippen molar-refractivity contribution >= 4 is 23.2 Å². The molecule has 100 valence electrons. The number of hydrogen-bond acceptors (Lipinski definition) is 2. The van der Waals surface area contributed by atoms with Crippen molar-refractivity contribution in [3.05, 3.63) is 33.8 Å². The highest BCUT2D eigenvalue weighted by Gasteiger charge is 2.30. The van der Waals surface area contributed by atoms with Gasteiger partial charge in [-0.1, -0.05) is 35.7 Å². The molecule has 2 unspecified atom stereocenters. The van der Waals surface area contributed by atoms with E-state index in [2.05, 4.69) is 11.9 Å². The Morgan fingerprint density at radius 3 is 2.56 bits per heavy atom. The molecule has 2 N–H and O–H groups in total. The monoisotopic (exact) mass is 286 g/mol. The number of benzene rings is 1. The normalized spacial score (nSPS) is 26.0. The number of hydrogen-bond donors (Lipinski definition) is 1. The largest absolute Gasteiger partial charge is 0.330 e. The maximum Gasteiger partial charge on any atom is 0.0468 e. The summed E-state index contributed by atoms with van der Waals surface area (Å²) in [6, 6.07) is 5.95. The van der Waals surface area contributed by atoms with Crippen LogP contribution in [0.25, 0.3) is 0 Å².